The van der Waals surface area contributed by atoms with Crippen LogP contribution in [0.4, 0.5) is 14.5 Å². The lowest BCUT2D eigenvalue weighted by Gasteiger charge is -2.49. The first-order valence-corrected chi connectivity index (χ1v) is 16.7. The zero-order chi connectivity index (χ0) is 30.0. The molecule has 2 aromatic rings. The summed E-state index contributed by atoms with van der Waals surface area (Å²) in [6.07, 6.45) is 3.86. The van der Waals surface area contributed by atoms with Gasteiger partial charge in [0, 0.05) is 42.3 Å². The van der Waals surface area contributed by atoms with Crippen LogP contribution >= 0.6 is 10.8 Å². The largest absolute Gasteiger partial charge is 0.376 e. The molecule has 3 aliphatic rings. The average Bonchev–Trinajstić information content (AvgIpc) is 3.05. The second kappa shape index (κ2) is 13.3. The van der Waals surface area contributed by atoms with Gasteiger partial charge in [0.1, 0.15) is 11.6 Å². The van der Waals surface area contributed by atoms with Gasteiger partial charge in [-0.2, -0.15) is 0 Å². The molecule has 0 aliphatic carbocycles. The zero-order valence-corrected chi connectivity index (χ0v) is 25.2. The predicted octanol–water partition coefficient (Wildman–Crippen LogP) is 5.25. The normalized spacial score (nSPS) is 31.4. The molecule has 8 nitrogen and oxygen atoms in total. The number of piperazine rings is 1. The fourth-order valence-electron chi connectivity index (χ4n) is 7.10. The van der Waals surface area contributed by atoms with E-state index in [0.29, 0.717) is 55.8 Å². The minimum absolute atomic E-state index is 0.000970. The number of fused-ring (bicyclic) bond motifs is 2. The second-order valence-electron chi connectivity index (χ2n) is 12.2. The molecule has 3 heterocycles. The van der Waals surface area contributed by atoms with Gasteiger partial charge in [-0.25, -0.2) is 13.1 Å². The molecule has 3 aliphatic heterocycles. The van der Waals surface area contributed by atoms with Crippen LogP contribution < -0.4 is 16.4 Å². The summed E-state index contributed by atoms with van der Waals surface area (Å²) < 4.78 is 58.3. The molecule has 2 aromatic carbocycles. The van der Waals surface area contributed by atoms with Gasteiger partial charge in [0.2, 0.25) is 5.91 Å². The van der Waals surface area contributed by atoms with Crippen molar-refractivity contribution in [1.29, 1.82) is 0 Å². The van der Waals surface area contributed by atoms with E-state index in [4.69, 9.17) is 10.5 Å². The molecule has 1 amide bonds. The van der Waals surface area contributed by atoms with Crippen molar-refractivity contribution in [3.05, 3.63) is 65.2 Å². The Kier molecular flexibility index (Phi) is 9.88. The molecule has 0 spiro atoms. The number of halogens is 2. The van der Waals surface area contributed by atoms with Crippen LogP contribution in [0.2, 0.25) is 0 Å². The van der Waals surface area contributed by atoms with E-state index in [-0.39, 0.29) is 41.9 Å². The van der Waals surface area contributed by atoms with Gasteiger partial charge >= 0.3 is 0 Å². The number of hydrogen-bond acceptors (Lipinski definition) is 7. The van der Waals surface area contributed by atoms with Gasteiger partial charge in [-0.1, -0.05) is 18.2 Å². The Balaban J connectivity index is 1.33. The Morgan fingerprint density at radius 2 is 1.88 bits per heavy atom. The number of benzene rings is 2. The molecular weight excluding hydrogens is 562 g/mol. The monoisotopic (exact) mass is 606 g/mol. The van der Waals surface area contributed by atoms with E-state index in [1.165, 1.54) is 18.2 Å². The lowest BCUT2D eigenvalue weighted by Crippen LogP contribution is -2.55. The topological polar surface area (TPSA) is 120 Å². The van der Waals surface area contributed by atoms with Crippen molar-refractivity contribution >= 4 is 22.4 Å². The molecule has 3 unspecified atom stereocenters. The summed E-state index contributed by atoms with van der Waals surface area (Å²) in [6.45, 7) is 5.14. The van der Waals surface area contributed by atoms with Crippen molar-refractivity contribution in [2.75, 3.05) is 24.2 Å². The molecule has 11 heteroatoms. The number of nitrogens with two attached hydrogens (primary N) is 1. The highest BCUT2D eigenvalue weighted by atomic mass is 32.3. The Labute approximate surface area is 248 Å². The van der Waals surface area contributed by atoms with E-state index >= 15 is 4.39 Å². The van der Waals surface area contributed by atoms with Crippen LogP contribution in [0.5, 0.6) is 0 Å². The molecule has 42 heavy (non-hydrogen) atoms. The number of hydrogen-bond donors (Lipinski definition) is 5. The van der Waals surface area contributed by atoms with Gasteiger partial charge in [-0.3, -0.25) is 13.9 Å². The first kappa shape index (κ1) is 31.3. The second-order valence-corrected chi connectivity index (χ2v) is 14.4. The maximum absolute atomic E-state index is 15.2. The number of nitrogens with one attached hydrogen (secondary N) is 2. The minimum Gasteiger partial charge on any atom is -0.376 e. The molecule has 6 N–H and O–H groups in total. The molecule has 3 fully saturated rings. The van der Waals surface area contributed by atoms with Crippen LogP contribution in [0.25, 0.3) is 0 Å². The van der Waals surface area contributed by atoms with Gasteiger partial charge in [-0.15, -0.1) is 10.8 Å². The fraction of sp³-hybridized carbons (Fsp3) is 0.581. The summed E-state index contributed by atoms with van der Waals surface area (Å²) in [5.41, 5.74) is 8.17. The maximum Gasteiger partial charge on any atom is 0.241 e. The van der Waals surface area contributed by atoms with Gasteiger partial charge in [-0.05, 0) is 88.1 Å². The highest BCUT2D eigenvalue weighted by molar-refractivity contribution is 8.22. The van der Waals surface area contributed by atoms with Gasteiger partial charge < -0.3 is 21.1 Å². The van der Waals surface area contributed by atoms with E-state index in [2.05, 4.69) is 10.6 Å². The number of amides is 1. The van der Waals surface area contributed by atoms with Crippen molar-refractivity contribution in [2.45, 2.75) is 88.6 Å². The van der Waals surface area contributed by atoms with E-state index in [1.54, 1.807) is 28.6 Å². The van der Waals surface area contributed by atoms with E-state index < -0.39 is 28.5 Å². The molecule has 2 bridgehead atoms. The smallest absolute Gasteiger partial charge is 0.241 e. The maximum atomic E-state index is 15.2. The Morgan fingerprint density at radius 1 is 1.17 bits per heavy atom. The number of carbonyl (C=O) groups is 1. The van der Waals surface area contributed by atoms with E-state index in [1.807, 2.05) is 13.8 Å². The van der Waals surface area contributed by atoms with Crippen LogP contribution in [0.3, 0.4) is 0 Å². The van der Waals surface area contributed by atoms with Crippen LogP contribution in [-0.4, -0.2) is 68.5 Å². The summed E-state index contributed by atoms with van der Waals surface area (Å²) in [4.78, 5) is 13.7. The van der Waals surface area contributed by atoms with Crippen LogP contribution in [0.1, 0.15) is 63.0 Å². The molecule has 232 valence electrons. The summed E-state index contributed by atoms with van der Waals surface area (Å²) >= 11 is 0. The van der Waals surface area contributed by atoms with Crippen LogP contribution in [0.15, 0.2) is 42.5 Å². The molecule has 5 rings (SSSR count). The molecule has 8 atom stereocenters. The van der Waals surface area contributed by atoms with Crippen molar-refractivity contribution in [2.24, 2.45) is 11.7 Å². The first-order chi connectivity index (χ1) is 20.0. The summed E-state index contributed by atoms with van der Waals surface area (Å²) in [6, 6.07) is 9.80. The zero-order valence-electron chi connectivity index (χ0n) is 24.3. The third kappa shape index (κ3) is 7.15. The molecule has 0 radical (unpaired) electrons. The van der Waals surface area contributed by atoms with Gasteiger partial charge in [0.25, 0.3) is 0 Å². The van der Waals surface area contributed by atoms with Gasteiger partial charge in [0.05, 0.1) is 24.0 Å². The number of rotatable bonds is 8. The van der Waals surface area contributed by atoms with E-state index in [9.17, 15) is 18.3 Å². The lowest BCUT2D eigenvalue weighted by molar-refractivity contribution is -0.119. The Hall–Kier alpha value is -2.12. The first-order valence-electron chi connectivity index (χ1n) is 15.0. The Bertz CT molecular complexity index is 1230. The number of carbonyl (C=O) groups excluding carboxylic acids is 1. The van der Waals surface area contributed by atoms with E-state index in [0.717, 1.165) is 18.4 Å². The highest BCUT2D eigenvalue weighted by Gasteiger charge is 2.39. The van der Waals surface area contributed by atoms with Crippen LogP contribution in [-0.2, 0) is 16.0 Å². The molecule has 0 saturated carbocycles. The van der Waals surface area contributed by atoms with Crippen molar-refractivity contribution < 1.29 is 27.4 Å². The fourth-order valence-corrected chi connectivity index (χ4v) is 8.97. The summed E-state index contributed by atoms with van der Waals surface area (Å²) in [7, 11) is -2.87. The number of ether oxygens (including phenoxy) is 1. The molecule has 3 saturated heterocycles. The average molecular weight is 607 g/mol. The van der Waals surface area contributed by atoms with Crippen molar-refractivity contribution in [3.63, 3.8) is 0 Å². The highest BCUT2D eigenvalue weighted by Crippen LogP contribution is 2.49. The van der Waals surface area contributed by atoms with Gasteiger partial charge in [0.15, 0.2) is 0 Å². The lowest BCUT2D eigenvalue weighted by atomic mass is 9.74. The standard InChI is InChI=1S/C31H44F2N4O4S/c1-19-15-22(16-20(2)41-19)29(21-8-10-23(32)11-9-21)30(34)31(38)36-28-7-3-6-27(33)26(28)13-12-25-17-35-24-5-4-14-42(39,40)37(25)18-24/h3,6-11,19-20,22,24-25,29-30,35,39-40H,4-5,12-18,34H2,1-2H3,(H,36,38)/t19-,20+,22?,24-,25+,29?,30+/m1/s1. The molecular formula is C31H44F2N4O4S. The predicted molar refractivity (Wildman–Crippen MR) is 162 cm³/mol. The minimum atomic E-state index is -2.87. The third-order valence-electron chi connectivity index (χ3n) is 9.09. The van der Waals surface area contributed by atoms with Crippen LogP contribution in [0, 0.1) is 17.6 Å². The summed E-state index contributed by atoms with van der Waals surface area (Å²) in [5.74, 6) is -1.23. The van der Waals surface area contributed by atoms with Crippen molar-refractivity contribution in [3.8, 4) is 0 Å². The third-order valence-corrected chi connectivity index (χ3v) is 11.1. The number of anilines is 1. The SMILES string of the molecule is C[C@@H]1CC(C(c2ccc(F)cc2)[C@H](N)C(=O)Nc2cccc(F)c2CC[C@H]2CN[C@@H]3CCCS(O)(O)N2C3)C[C@H](C)O1. The molecule has 0 aromatic heterocycles. The quantitative estimate of drug-likeness (QED) is 0.278. The summed E-state index contributed by atoms with van der Waals surface area (Å²) in [5, 5.41) is 6.40. The van der Waals surface area contributed by atoms with Crippen molar-refractivity contribution in [1.82, 2.24) is 9.62 Å². The Morgan fingerprint density at radius 3 is 2.60 bits per heavy atom. The number of nitrogens with zero attached hydrogens (tertiary/aromatic N) is 1.